The van der Waals surface area contributed by atoms with Crippen molar-refractivity contribution in [1.29, 1.82) is 0 Å². The average molecular weight is 276 g/mol. The van der Waals surface area contributed by atoms with E-state index in [4.69, 9.17) is 5.73 Å². The van der Waals surface area contributed by atoms with Gasteiger partial charge in [0.15, 0.2) is 5.96 Å². The number of carbonyl (C=O) groups is 1. The Kier molecular flexibility index (Phi) is 6.09. The second kappa shape index (κ2) is 7.83. The summed E-state index contributed by atoms with van der Waals surface area (Å²) in [6.45, 7) is 6.88. The number of rotatable bonds is 6. The van der Waals surface area contributed by atoms with Gasteiger partial charge in [-0.15, -0.1) is 0 Å². The first-order valence-corrected chi connectivity index (χ1v) is 6.25. The van der Waals surface area contributed by atoms with E-state index in [0.29, 0.717) is 25.6 Å². The lowest BCUT2D eigenvalue weighted by molar-refractivity contribution is 0.0951. The molecule has 0 aliphatic carbocycles. The molecule has 1 aromatic rings. The van der Waals surface area contributed by atoms with Crippen LogP contribution in [0, 0.1) is 0 Å². The van der Waals surface area contributed by atoms with Crippen LogP contribution in [0.4, 0.5) is 0 Å². The monoisotopic (exact) mass is 276 g/mol. The van der Waals surface area contributed by atoms with Crippen LogP contribution in [0.5, 0.6) is 5.75 Å². The van der Waals surface area contributed by atoms with Crippen molar-refractivity contribution >= 4 is 11.9 Å². The quantitative estimate of drug-likeness (QED) is 0.264. The normalized spacial score (nSPS) is 10.9. The molecule has 0 spiro atoms. The number of phenolic OH excluding ortho intramolecular Hbond substituents is 1. The number of guanidine groups is 1. The van der Waals surface area contributed by atoms with E-state index in [0.717, 1.165) is 5.57 Å². The number of aliphatic imine (C=N–C) groups is 1. The third kappa shape index (κ3) is 5.43. The van der Waals surface area contributed by atoms with Crippen LogP contribution in [0.2, 0.25) is 0 Å². The molecule has 0 bridgehead atoms. The van der Waals surface area contributed by atoms with Crippen LogP contribution in [-0.4, -0.2) is 36.6 Å². The molecule has 1 rings (SSSR count). The number of hydrogen-bond donors (Lipinski definition) is 4. The van der Waals surface area contributed by atoms with Gasteiger partial charge in [-0.05, 0) is 19.1 Å². The van der Waals surface area contributed by atoms with Gasteiger partial charge >= 0.3 is 0 Å². The van der Waals surface area contributed by atoms with Crippen molar-refractivity contribution in [2.24, 2.45) is 10.7 Å². The lowest BCUT2D eigenvalue weighted by atomic mass is 10.2. The Labute approximate surface area is 118 Å². The zero-order valence-corrected chi connectivity index (χ0v) is 11.5. The number of phenols is 1. The number of aromatic hydroxyl groups is 1. The molecule has 1 aromatic carbocycles. The number of carbonyl (C=O) groups excluding carboxylic acids is 1. The van der Waals surface area contributed by atoms with Crippen LogP contribution >= 0.6 is 0 Å². The summed E-state index contributed by atoms with van der Waals surface area (Å²) in [6, 6.07) is 6.37. The lowest BCUT2D eigenvalue weighted by Gasteiger charge is -2.08. The number of amides is 1. The van der Waals surface area contributed by atoms with Crippen molar-refractivity contribution in [1.82, 2.24) is 10.6 Å². The van der Waals surface area contributed by atoms with Crippen LogP contribution in [0.3, 0.4) is 0 Å². The van der Waals surface area contributed by atoms with Gasteiger partial charge in [0.2, 0.25) is 0 Å². The van der Waals surface area contributed by atoms with E-state index in [1.165, 1.54) is 6.07 Å². The maximum Gasteiger partial charge on any atom is 0.255 e. The predicted molar refractivity (Wildman–Crippen MR) is 79.7 cm³/mol. The van der Waals surface area contributed by atoms with Crippen molar-refractivity contribution in [2.75, 3.05) is 19.6 Å². The van der Waals surface area contributed by atoms with E-state index in [9.17, 15) is 9.90 Å². The molecule has 0 aliphatic heterocycles. The number of para-hydroxylation sites is 1. The minimum absolute atomic E-state index is 0.0412. The Morgan fingerprint density at radius 3 is 2.65 bits per heavy atom. The van der Waals surface area contributed by atoms with Crippen LogP contribution in [-0.2, 0) is 0 Å². The van der Waals surface area contributed by atoms with Crippen molar-refractivity contribution in [3.05, 3.63) is 42.0 Å². The van der Waals surface area contributed by atoms with E-state index in [1.807, 2.05) is 6.92 Å². The first-order chi connectivity index (χ1) is 9.50. The second-order valence-corrected chi connectivity index (χ2v) is 4.36. The first-order valence-electron chi connectivity index (χ1n) is 6.25. The lowest BCUT2D eigenvalue weighted by Crippen LogP contribution is -2.38. The summed E-state index contributed by atoms with van der Waals surface area (Å²) in [7, 11) is 0. The molecule has 0 atom stereocenters. The molecular formula is C14H20N4O2. The summed E-state index contributed by atoms with van der Waals surface area (Å²) in [4.78, 5) is 15.8. The molecule has 108 valence electrons. The zero-order valence-electron chi connectivity index (χ0n) is 11.5. The van der Waals surface area contributed by atoms with Crippen LogP contribution in [0.25, 0.3) is 0 Å². The maximum absolute atomic E-state index is 11.8. The highest BCUT2D eigenvalue weighted by Gasteiger charge is 2.08. The standard InChI is InChI=1S/C14H20N4O2/c1-10(2)9-18-14(15)17-8-7-16-13(20)11-5-3-4-6-12(11)19/h3-6,19H,1,7-9H2,2H3,(H,16,20)(H3,15,17,18). The van der Waals surface area contributed by atoms with Crippen molar-refractivity contribution < 1.29 is 9.90 Å². The molecule has 6 heteroatoms. The topological polar surface area (TPSA) is 99.7 Å². The molecule has 0 heterocycles. The van der Waals surface area contributed by atoms with Gasteiger partial charge in [0.1, 0.15) is 5.75 Å². The summed E-state index contributed by atoms with van der Waals surface area (Å²) in [5.41, 5.74) is 6.78. The molecule has 0 fully saturated rings. The largest absolute Gasteiger partial charge is 0.507 e. The fourth-order valence-electron chi connectivity index (χ4n) is 1.40. The summed E-state index contributed by atoms with van der Waals surface area (Å²) in [5, 5.41) is 15.1. The van der Waals surface area contributed by atoms with Crippen molar-refractivity contribution in [3.63, 3.8) is 0 Å². The highest BCUT2D eigenvalue weighted by atomic mass is 16.3. The molecule has 0 aromatic heterocycles. The van der Waals surface area contributed by atoms with Gasteiger partial charge < -0.3 is 21.5 Å². The van der Waals surface area contributed by atoms with Crippen LogP contribution in [0.15, 0.2) is 41.4 Å². The minimum Gasteiger partial charge on any atom is -0.507 e. The number of benzene rings is 1. The number of nitrogens with zero attached hydrogens (tertiary/aromatic N) is 1. The highest BCUT2D eigenvalue weighted by molar-refractivity contribution is 5.96. The summed E-state index contributed by atoms with van der Waals surface area (Å²) >= 11 is 0. The molecule has 1 amide bonds. The molecule has 0 saturated heterocycles. The Balaban J connectivity index is 2.31. The molecule has 20 heavy (non-hydrogen) atoms. The first kappa shape index (κ1) is 15.6. The molecule has 0 aliphatic rings. The minimum atomic E-state index is -0.331. The fourth-order valence-corrected chi connectivity index (χ4v) is 1.40. The SMILES string of the molecule is C=C(C)CN=C(N)NCCNC(=O)c1ccccc1O. The molecule has 0 saturated carbocycles. The van der Waals surface area contributed by atoms with Crippen molar-refractivity contribution in [2.45, 2.75) is 6.92 Å². The van der Waals surface area contributed by atoms with E-state index >= 15 is 0 Å². The summed E-state index contributed by atoms with van der Waals surface area (Å²) < 4.78 is 0. The average Bonchev–Trinajstić information content (AvgIpc) is 2.41. The number of nitrogens with two attached hydrogens (primary N) is 1. The second-order valence-electron chi connectivity index (χ2n) is 4.36. The smallest absolute Gasteiger partial charge is 0.255 e. The van der Waals surface area contributed by atoms with Crippen molar-refractivity contribution in [3.8, 4) is 5.75 Å². The van der Waals surface area contributed by atoms with Gasteiger partial charge in [-0.3, -0.25) is 4.79 Å². The summed E-state index contributed by atoms with van der Waals surface area (Å²) in [6.07, 6.45) is 0. The molecule has 6 nitrogen and oxygen atoms in total. The molecule has 0 radical (unpaired) electrons. The molecule has 5 N–H and O–H groups in total. The van der Waals surface area contributed by atoms with Gasteiger partial charge in [-0.2, -0.15) is 0 Å². The van der Waals surface area contributed by atoms with E-state index < -0.39 is 0 Å². The Morgan fingerprint density at radius 1 is 1.35 bits per heavy atom. The van der Waals surface area contributed by atoms with Gasteiger partial charge in [-0.1, -0.05) is 24.3 Å². The van der Waals surface area contributed by atoms with E-state index in [1.54, 1.807) is 18.2 Å². The number of hydrogen-bond acceptors (Lipinski definition) is 3. The van der Waals surface area contributed by atoms with Crippen LogP contribution in [0.1, 0.15) is 17.3 Å². The Bertz CT molecular complexity index is 512. The number of nitrogens with one attached hydrogen (secondary N) is 2. The Morgan fingerprint density at radius 2 is 2.00 bits per heavy atom. The van der Waals surface area contributed by atoms with Gasteiger partial charge in [0, 0.05) is 13.1 Å². The zero-order chi connectivity index (χ0) is 15.0. The van der Waals surface area contributed by atoms with Gasteiger partial charge in [-0.25, -0.2) is 4.99 Å². The highest BCUT2D eigenvalue weighted by Crippen LogP contribution is 2.14. The molecular weight excluding hydrogens is 256 g/mol. The molecule has 0 unspecified atom stereocenters. The third-order valence-electron chi connectivity index (χ3n) is 2.38. The van der Waals surface area contributed by atoms with Gasteiger partial charge in [0.25, 0.3) is 5.91 Å². The van der Waals surface area contributed by atoms with Gasteiger partial charge in [0.05, 0.1) is 12.1 Å². The summed E-state index contributed by atoms with van der Waals surface area (Å²) in [5.74, 6) is -0.0624. The van der Waals surface area contributed by atoms with E-state index in [-0.39, 0.29) is 17.2 Å². The predicted octanol–water partition coefficient (Wildman–Crippen LogP) is 0.602. The third-order valence-corrected chi connectivity index (χ3v) is 2.38. The van der Waals surface area contributed by atoms with E-state index in [2.05, 4.69) is 22.2 Å². The van der Waals surface area contributed by atoms with Crippen LogP contribution < -0.4 is 16.4 Å². The fraction of sp³-hybridized carbons (Fsp3) is 0.286. The maximum atomic E-state index is 11.8. The Hall–Kier alpha value is -2.50.